The quantitative estimate of drug-likeness (QED) is 0.537. The standard InChI is InChI=1S/Cl2P2S/c1-4(2)3-5. The minimum Gasteiger partial charge on any atom is -0.0670 e. The van der Waals surface area contributed by atoms with Gasteiger partial charge in [0.15, 0.2) is 0 Å². The van der Waals surface area contributed by atoms with Crippen LogP contribution in [-0.4, -0.2) is 0 Å². The van der Waals surface area contributed by atoms with E-state index in [-0.39, 0.29) is 0 Å². The summed E-state index contributed by atoms with van der Waals surface area (Å²) in [6.07, 6.45) is -0.867. The molecule has 0 saturated heterocycles. The van der Waals surface area contributed by atoms with Crippen LogP contribution in [0.15, 0.2) is 0 Å². The van der Waals surface area contributed by atoms with Gasteiger partial charge >= 0.3 is 0 Å². The predicted molar refractivity (Wildman–Crippen MR) is 32.9 cm³/mol. The van der Waals surface area contributed by atoms with Crippen molar-refractivity contribution in [2.45, 2.75) is 0 Å². The molecule has 30 valence electrons. The van der Waals surface area contributed by atoms with Gasteiger partial charge in [0, 0.05) is 7.04 Å². The Bertz CT molecular complexity index is 34.6. The van der Waals surface area contributed by atoms with Crippen molar-refractivity contribution < 1.29 is 0 Å². The van der Waals surface area contributed by atoms with E-state index >= 15 is 0 Å². The summed E-state index contributed by atoms with van der Waals surface area (Å²) in [4.78, 5) is 0. The molecule has 0 nitrogen and oxygen atoms in total. The highest BCUT2D eigenvalue weighted by Gasteiger charge is 1.84. The topological polar surface area (TPSA) is 0 Å². The van der Waals surface area contributed by atoms with Crippen LogP contribution in [0.2, 0.25) is 0 Å². The lowest BCUT2D eigenvalue weighted by Crippen LogP contribution is -1.02. The lowest BCUT2D eigenvalue weighted by molar-refractivity contribution is 4.70. The van der Waals surface area contributed by atoms with Crippen molar-refractivity contribution >= 4 is 47.6 Å². The van der Waals surface area contributed by atoms with Crippen LogP contribution in [-0.2, 0) is 11.8 Å². The average Bonchev–Trinajstić information content (AvgIpc) is 1.38. The second-order valence-corrected chi connectivity index (χ2v) is 8.01. The molecule has 5 heteroatoms. The van der Waals surface area contributed by atoms with E-state index in [0.717, 1.165) is 0 Å². The molecule has 0 atom stereocenters. The largest absolute Gasteiger partial charge is 0.149 e. The van der Waals surface area contributed by atoms with Crippen LogP contribution >= 0.6 is 35.8 Å². The molecule has 0 aliphatic carbocycles. The summed E-state index contributed by atoms with van der Waals surface area (Å²) in [7, 11) is 0.676. The van der Waals surface area contributed by atoms with E-state index in [2.05, 4.69) is 11.8 Å². The smallest absolute Gasteiger partial charge is 0.0670 e. The van der Waals surface area contributed by atoms with E-state index in [4.69, 9.17) is 22.5 Å². The van der Waals surface area contributed by atoms with Crippen LogP contribution in [0.4, 0.5) is 0 Å². The first-order valence-corrected chi connectivity index (χ1v) is 6.49. The van der Waals surface area contributed by atoms with Gasteiger partial charge in [0.2, 0.25) is 0 Å². The number of hydrogen-bond donors (Lipinski definition) is 0. The highest BCUT2D eigenvalue weighted by Crippen LogP contribution is 2.58. The Labute approximate surface area is 47.9 Å². The molecular formula is Cl2P2S. The Morgan fingerprint density at radius 1 is 1.60 bits per heavy atom. The van der Waals surface area contributed by atoms with Crippen molar-refractivity contribution in [3.63, 3.8) is 0 Å². The highest BCUT2D eigenvalue weighted by atomic mass is 35.9. The summed E-state index contributed by atoms with van der Waals surface area (Å²) in [6.45, 7) is 0. The molecule has 0 aliphatic heterocycles. The second-order valence-electron chi connectivity index (χ2n) is 0.297. The summed E-state index contributed by atoms with van der Waals surface area (Å²) >= 11 is 14.8. The zero-order valence-electron chi connectivity index (χ0n) is 2.06. The lowest BCUT2D eigenvalue weighted by atomic mass is 29.7. The fourth-order valence-electron chi connectivity index (χ4n) is 0. The average molecular weight is 165 g/mol. The van der Waals surface area contributed by atoms with Gasteiger partial charge in [-0.05, 0) is 0 Å². The van der Waals surface area contributed by atoms with Crippen molar-refractivity contribution in [2.24, 2.45) is 0 Å². The first-order valence-electron chi connectivity index (χ1n) is 0.721. The third-order valence-corrected chi connectivity index (χ3v) is 5.00. The number of rotatable bonds is 1. The molecule has 0 rings (SSSR count). The lowest BCUT2D eigenvalue weighted by Gasteiger charge is -1.73. The van der Waals surface area contributed by atoms with Crippen molar-refractivity contribution in [2.75, 3.05) is 0 Å². The van der Waals surface area contributed by atoms with Crippen molar-refractivity contribution in [1.29, 1.82) is 0 Å². The number of halogens is 2. The van der Waals surface area contributed by atoms with E-state index in [0.29, 0.717) is 7.04 Å². The maximum absolute atomic E-state index is 5.18. The molecule has 0 unspecified atom stereocenters. The van der Waals surface area contributed by atoms with E-state index in [1.165, 1.54) is 0 Å². The summed E-state index contributed by atoms with van der Waals surface area (Å²) < 4.78 is 0. The maximum atomic E-state index is 5.18. The van der Waals surface area contributed by atoms with E-state index in [9.17, 15) is 0 Å². The van der Waals surface area contributed by atoms with Crippen LogP contribution in [0, 0.1) is 0 Å². The first-order chi connectivity index (χ1) is 2.27. The summed E-state index contributed by atoms with van der Waals surface area (Å²) in [5.41, 5.74) is 0. The number of hydrogen-bond acceptors (Lipinski definition) is 1. The molecule has 0 aromatic carbocycles. The minimum atomic E-state index is -0.867. The Balaban J connectivity index is 2.83. The predicted octanol–water partition coefficient (Wildman–Crippen LogP) is 3.10. The van der Waals surface area contributed by atoms with Gasteiger partial charge in [0.1, 0.15) is 6.32 Å². The van der Waals surface area contributed by atoms with Crippen LogP contribution < -0.4 is 0 Å². The molecule has 5 heavy (non-hydrogen) atoms. The van der Waals surface area contributed by atoms with E-state index in [1.54, 1.807) is 0 Å². The zero-order valence-corrected chi connectivity index (χ0v) is 6.18. The second kappa shape index (κ2) is 3.71. The van der Waals surface area contributed by atoms with Gasteiger partial charge in [0.25, 0.3) is 0 Å². The van der Waals surface area contributed by atoms with Gasteiger partial charge in [-0.2, -0.15) is 0 Å². The Morgan fingerprint density at radius 2 is 1.80 bits per heavy atom. The molecule has 0 fully saturated rings. The summed E-state index contributed by atoms with van der Waals surface area (Å²) in [5, 5.41) is 0. The Hall–Kier alpha value is 1.53. The SMILES string of the molecule is S=PP(Cl)Cl. The van der Waals surface area contributed by atoms with Gasteiger partial charge in [0.05, 0.1) is 0 Å². The molecule has 0 heterocycles. The Morgan fingerprint density at radius 3 is 1.80 bits per heavy atom. The molecule has 0 spiro atoms. The van der Waals surface area contributed by atoms with Gasteiger partial charge in [-0.15, -0.1) is 0 Å². The molecule has 0 amide bonds. The van der Waals surface area contributed by atoms with E-state index < -0.39 is 6.32 Å². The molecular weight excluding hydrogens is 165 g/mol. The molecule has 0 saturated carbocycles. The van der Waals surface area contributed by atoms with Gasteiger partial charge < -0.3 is 0 Å². The van der Waals surface area contributed by atoms with Crippen LogP contribution in [0.5, 0.6) is 0 Å². The van der Waals surface area contributed by atoms with Crippen LogP contribution in [0.1, 0.15) is 0 Å². The first kappa shape index (κ1) is 6.53. The van der Waals surface area contributed by atoms with Crippen LogP contribution in [0.3, 0.4) is 0 Å². The summed E-state index contributed by atoms with van der Waals surface area (Å²) in [6, 6.07) is 0. The zero-order chi connectivity index (χ0) is 4.28. The molecule has 0 aliphatic rings. The molecule has 0 N–H and O–H groups in total. The van der Waals surface area contributed by atoms with Crippen LogP contribution in [0.25, 0.3) is 0 Å². The third kappa shape index (κ3) is 5.53. The molecule has 0 aromatic heterocycles. The van der Waals surface area contributed by atoms with Crippen molar-refractivity contribution in [1.82, 2.24) is 0 Å². The molecule has 0 radical (unpaired) electrons. The normalized spacial score (nSPS) is 10.2. The fourth-order valence-corrected chi connectivity index (χ4v) is 0. The maximum Gasteiger partial charge on any atom is 0.149 e. The van der Waals surface area contributed by atoms with E-state index in [1.807, 2.05) is 0 Å². The van der Waals surface area contributed by atoms with Crippen molar-refractivity contribution in [3.05, 3.63) is 0 Å². The fraction of sp³-hybridized carbons (Fsp3) is 0. The Kier molecular flexibility index (Phi) is 4.85. The van der Waals surface area contributed by atoms with Gasteiger partial charge in [-0.1, -0.05) is 34.3 Å². The molecule has 0 bridgehead atoms. The highest BCUT2D eigenvalue weighted by molar-refractivity contribution is 8.52. The van der Waals surface area contributed by atoms with Crippen molar-refractivity contribution in [3.8, 4) is 0 Å². The molecule has 0 aromatic rings. The van der Waals surface area contributed by atoms with Gasteiger partial charge in [-0.25, -0.2) is 0 Å². The third-order valence-electron chi connectivity index (χ3n) is 0.0617. The summed E-state index contributed by atoms with van der Waals surface area (Å²) in [5.74, 6) is 0. The minimum absolute atomic E-state index is 0.676. The monoisotopic (exact) mass is 164 g/mol. The van der Waals surface area contributed by atoms with Gasteiger partial charge in [-0.3, -0.25) is 0 Å².